The van der Waals surface area contributed by atoms with Gasteiger partial charge in [-0.25, -0.2) is 4.98 Å². The van der Waals surface area contributed by atoms with E-state index in [9.17, 15) is 0 Å². The Balaban J connectivity index is 1.80. The number of hydrogen-bond donors (Lipinski definition) is 1. The van der Waals surface area contributed by atoms with Crippen LogP contribution in [0, 0.1) is 0 Å². The highest BCUT2D eigenvalue weighted by atomic mass is 32.1. The quantitative estimate of drug-likeness (QED) is 0.897. The monoisotopic (exact) mass is 294 g/mol. The van der Waals surface area contributed by atoms with E-state index in [2.05, 4.69) is 33.0 Å². The number of aromatic nitrogens is 1. The average molecular weight is 294 g/mol. The molecular weight excluding hydrogens is 268 g/mol. The first kappa shape index (κ1) is 14.5. The van der Waals surface area contributed by atoms with Gasteiger partial charge in [-0.15, -0.1) is 11.3 Å². The van der Waals surface area contributed by atoms with E-state index >= 15 is 0 Å². The minimum atomic E-state index is 0.442. The van der Waals surface area contributed by atoms with E-state index in [0.29, 0.717) is 30.1 Å². The van der Waals surface area contributed by atoms with Gasteiger partial charge in [-0.2, -0.15) is 0 Å². The third kappa shape index (κ3) is 2.78. The highest BCUT2D eigenvalue weighted by molar-refractivity contribution is 7.11. The Kier molecular flexibility index (Phi) is 4.16. The molecular formula is C16H26N2OS. The summed E-state index contributed by atoms with van der Waals surface area (Å²) in [7, 11) is 0. The van der Waals surface area contributed by atoms with Crippen LogP contribution in [0.5, 0.6) is 0 Å². The topological polar surface area (TPSA) is 34.1 Å². The normalized spacial score (nSPS) is 29.0. The Morgan fingerprint density at radius 2 is 2.10 bits per heavy atom. The molecule has 0 aliphatic carbocycles. The lowest BCUT2D eigenvalue weighted by Gasteiger charge is -2.15. The van der Waals surface area contributed by atoms with E-state index in [1.807, 2.05) is 11.3 Å². The summed E-state index contributed by atoms with van der Waals surface area (Å²) >= 11 is 1.91. The molecule has 0 aromatic carbocycles. The van der Waals surface area contributed by atoms with Crippen LogP contribution in [-0.2, 0) is 11.3 Å². The van der Waals surface area contributed by atoms with Crippen molar-refractivity contribution in [2.45, 2.75) is 83.6 Å². The number of hydrogen-bond acceptors (Lipinski definition) is 4. The predicted molar refractivity (Wildman–Crippen MR) is 83.4 cm³/mol. The average Bonchev–Trinajstić information content (AvgIpc) is 3.10. The first-order valence-electron chi connectivity index (χ1n) is 7.93. The standard InChI is InChI=1S/C16H26N2OS/c1-9(2)15-14(8-17-10(3)4)20-16(18-15)12-7-11-5-6-13(12)19-11/h9-13,17H,5-8H2,1-4H3. The molecule has 3 nitrogen and oxygen atoms in total. The van der Waals surface area contributed by atoms with Crippen molar-refractivity contribution in [2.75, 3.05) is 0 Å². The number of rotatable bonds is 5. The van der Waals surface area contributed by atoms with Gasteiger partial charge in [0.25, 0.3) is 0 Å². The maximum atomic E-state index is 6.00. The van der Waals surface area contributed by atoms with Gasteiger partial charge in [0.05, 0.1) is 22.9 Å². The molecule has 0 spiro atoms. The van der Waals surface area contributed by atoms with E-state index in [0.717, 1.165) is 6.54 Å². The molecule has 2 aliphatic rings. The lowest BCUT2D eigenvalue weighted by atomic mass is 9.90. The molecule has 20 heavy (non-hydrogen) atoms. The van der Waals surface area contributed by atoms with Gasteiger partial charge in [-0.3, -0.25) is 0 Å². The van der Waals surface area contributed by atoms with Gasteiger partial charge in [0.2, 0.25) is 0 Å². The van der Waals surface area contributed by atoms with Gasteiger partial charge in [0.15, 0.2) is 0 Å². The summed E-state index contributed by atoms with van der Waals surface area (Å²) < 4.78 is 6.00. The first-order chi connectivity index (χ1) is 9.54. The Bertz CT molecular complexity index is 469. The van der Waals surface area contributed by atoms with E-state index < -0.39 is 0 Å². The molecule has 3 atom stereocenters. The Morgan fingerprint density at radius 1 is 1.30 bits per heavy atom. The second-order valence-electron chi connectivity index (χ2n) is 6.77. The van der Waals surface area contributed by atoms with Crippen molar-refractivity contribution in [3.05, 3.63) is 15.6 Å². The smallest absolute Gasteiger partial charge is 0.0989 e. The number of ether oxygens (including phenoxy) is 1. The van der Waals surface area contributed by atoms with Crippen LogP contribution in [0.4, 0.5) is 0 Å². The van der Waals surface area contributed by atoms with Gasteiger partial charge >= 0.3 is 0 Å². The predicted octanol–water partition coefficient (Wildman–Crippen LogP) is 3.80. The summed E-state index contributed by atoms with van der Waals surface area (Å²) in [4.78, 5) is 6.41. The van der Waals surface area contributed by atoms with Crippen LogP contribution >= 0.6 is 11.3 Å². The van der Waals surface area contributed by atoms with Crippen molar-refractivity contribution in [3.63, 3.8) is 0 Å². The third-order valence-corrected chi connectivity index (χ3v) is 5.59. The molecule has 1 aromatic heterocycles. The second kappa shape index (κ2) is 5.74. The second-order valence-corrected chi connectivity index (χ2v) is 7.88. The Labute approximate surface area is 126 Å². The third-order valence-electron chi connectivity index (χ3n) is 4.39. The van der Waals surface area contributed by atoms with Gasteiger partial charge in [0, 0.05) is 23.4 Å². The number of thiazole rings is 1. The summed E-state index contributed by atoms with van der Waals surface area (Å²) in [5.74, 6) is 1.06. The van der Waals surface area contributed by atoms with E-state index in [1.54, 1.807) is 0 Å². The van der Waals surface area contributed by atoms with Gasteiger partial charge < -0.3 is 10.1 Å². The molecule has 1 aromatic rings. The summed E-state index contributed by atoms with van der Waals surface area (Å²) in [5.41, 5.74) is 1.29. The van der Waals surface area contributed by atoms with Crippen LogP contribution in [0.15, 0.2) is 0 Å². The van der Waals surface area contributed by atoms with E-state index in [1.165, 1.54) is 34.8 Å². The molecule has 0 saturated carbocycles. The SMILES string of the molecule is CC(C)NCc1sc(C2CC3CCC2O3)nc1C(C)C. The molecule has 2 aliphatic heterocycles. The fourth-order valence-electron chi connectivity index (χ4n) is 3.31. The van der Waals surface area contributed by atoms with Crippen LogP contribution in [0.1, 0.15) is 74.4 Å². The van der Waals surface area contributed by atoms with Crippen molar-refractivity contribution >= 4 is 11.3 Å². The summed E-state index contributed by atoms with van der Waals surface area (Å²) in [6, 6.07) is 0.520. The molecule has 3 unspecified atom stereocenters. The highest BCUT2D eigenvalue weighted by Gasteiger charge is 2.43. The van der Waals surface area contributed by atoms with Gasteiger partial charge in [-0.1, -0.05) is 27.7 Å². The number of fused-ring (bicyclic) bond motifs is 2. The molecule has 2 fully saturated rings. The van der Waals surface area contributed by atoms with E-state index in [-0.39, 0.29) is 0 Å². The maximum Gasteiger partial charge on any atom is 0.0989 e. The highest BCUT2D eigenvalue weighted by Crippen LogP contribution is 2.46. The van der Waals surface area contributed by atoms with Crippen LogP contribution in [0.25, 0.3) is 0 Å². The van der Waals surface area contributed by atoms with Gasteiger partial charge in [-0.05, 0) is 25.2 Å². The zero-order chi connectivity index (χ0) is 14.3. The van der Waals surface area contributed by atoms with Gasteiger partial charge in [0.1, 0.15) is 0 Å². The molecule has 112 valence electrons. The molecule has 3 rings (SSSR count). The minimum absolute atomic E-state index is 0.442. The van der Waals surface area contributed by atoms with Crippen molar-refractivity contribution in [3.8, 4) is 0 Å². The Morgan fingerprint density at radius 3 is 2.65 bits per heavy atom. The molecule has 1 N–H and O–H groups in total. The van der Waals surface area contributed by atoms with Crippen molar-refractivity contribution in [1.82, 2.24) is 10.3 Å². The van der Waals surface area contributed by atoms with Crippen molar-refractivity contribution in [1.29, 1.82) is 0 Å². The summed E-state index contributed by atoms with van der Waals surface area (Å²) in [6.07, 6.45) is 4.62. The minimum Gasteiger partial charge on any atom is -0.374 e. The maximum absolute atomic E-state index is 6.00. The lowest BCUT2D eigenvalue weighted by Crippen LogP contribution is -2.22. The number of nitrogens with zero attached hydrogens (tertiary/aromatic N) is 1. The number of nitrogens with one attached hydrogen (secondary N) is 1. The lowest BCUT2D eigenvalue weighted by molar-refractivity contribution is 0.100. The fourth-order valence-corrected chi connectivity index (χ4v) is 4.65. The molecule has 0 radical (unpaired) electrons. The Hall–Kier alpha value is -0.450. The molecule has 0 amide bonds. The first-order valence-corrected chi connectivity index (χ1v) is 8.74. The zero-order valence-corrected chi connectivity index (χ0v) is 13.8. The molecule has 4 heteroatoms. The fraction of sp³-hybridized carbons (Fsp3) is 0.812. The largest absolute Gasteiger partial charge is 0.374 e. The summed E-state index contributed by atoms with van der Waals surface area (Å²) in [5, 5.41) is 4.85. The van der Waals surface area contributed by atoms with Crippen molar-refractivity contribution < 1.29 is 4.74 Å². The zero-order valence-electron chi connectivity index (χ0n) is 13.0. The molecule has 2 bridgehead atoms. The van der Waals surface area contributed by atoms with Crippen LogP contribution in [-0.4, -0.2) is 23.2 Å². The molecule has 3 heterocycles. The van der Waals surface area contributed by atoms with E-state index in [4.69, 9.17) is 9.72 Å². The molecule has 2 saturated heterocycles. The van der Waals surface area contributed by atoms with Crippen LogP contribution < -0.4 is 5.32 Å². The van der Waals surface area contributed by atoms with Crippen LogP contribution in [0.2, 0.25) is 0 Å². The van der Waals surface area contributed by atoms with Crippen LogP contribution in [0.3, 0.4) is 0 Å². The van der Waals surface area contributed by atoms with Crippen molar-refractivity contribution in [2.24, 2.45) is 0 Å². The summed E-state index contributed by atoms with van der Waals surface area (Å²) in [6.45, 7) is 9.83.